The molecule has 0 spiro atoms. The first-order valence-electron chi connectivity index (χ1n) is 13.7. The fraction of sp³-hybridized carbons (Fsp3) is 0. The summed E-state index contributed by atoms with van der Waals surface area (Å²) in [5, 5.41) is 7.74. The lowest BCUT2D eigenvalue weighted by Gasteiger charge is -2.12. The molecule has 0 aliphatic rings. The van der Waals surface area contributed by atoms with Crippen LogP contribution < -0.4 is 0 Å². The normalized spacial score (nSPS) is 11.9. The summed E-state index contributed by atoms with van der Waals surface area (Å²) in [4.78, 5) is 14.5. The highest BCUT2D eigenvalue weighted by Crippen LogP contribution is 2.43. The summed E-state index contributed by atoms with van der Waals surface area (Å²) < 4.78 is 6.46. The standard InChI is InChI=1S/C37H21N3O/c1-2-8-22(9-3-1)35-27-15-17-32-34(33(27)26-11-4-5-13-30(26)40-35)29-20-23(14-16-31(29)41-32)28-21-24-10-6-18-38-36(24)37-25(28)12-7-19-39-37/h1-21H. The number of hydrogen-bond donors (Lipinski definition) is 0. The summed E-state index contributed by atoms with van der Waals surface area (Å²) in [6.07, 6.45) is 3.66. The second-order valence-electron chi connectivity index (χ2n) is 10.4. The van der Waals surface area contributed by atoms with Crippen LogP contribution >= 0.6 is 0 Å². The smallest absolute Gasteiger partial charge is 0.136 e. The van der Waals surface area contributed by atoms with E-state index >= 15 is 0 Å². The maximum absolute atomic E-state index is 6.46. The Morgan fingerprint density at radius 1 is 0.488 bits per heavy atom. The number of benzene rings is 5. The highest BCUT2D eigenvalue weighted by Gasteiger charge is 2.18. The Hall–Kier alpha value is -5.61. The topological polar surface area (TPSA) is 51.8 Å². The van der Waals surface area contributed by atoms with Crippen molar-refractivity contribution in [3.8, 4) is 22.4 Å². The number of furan rings is 1. The Morgan fingerprint density at radius 2 is 1.27 bits per heavy atom. The molecule has 0 bridgehead atoms. The van der Waals surface area contributed by atoms with Crippen LogP contribution in [0.1, 0.15) is 0 Å². The van der Waals surface area contributed by atoms with Gasteiger partial charge >= 0.3 is 0 Å². The highest BCUT2D eigenvalue weighted by molar-refractivity contribution is 6.28. The Bertz CT molecular complexity index is 2480. The van der Waals surface area contributed by atoms with Crippen LogP contribution in [0.25, 0.3) is 87.8 Å². The van der Waals surface area contributed by atoms with Crippen molar-refractivity contribution < 1.29 is 4.42 Å². The number of nitrogens with zero attached hydrogens (tertiary/aromatic N) is 3. The van der Waals surface area contributed by atoms with Crippen molar-refractivity contribution in [3.63, 3.8) is 0 Å². The third-order valence-electron chi connectivity index (χ3n) is 8.12. The largest absolute Gasteiger partial charge is 0.456 e. The van der Waals surface area contributed by atoms with Crippen molar-refractivity contribution in [1.82, 2.24) is 15.0 Å². The number of para-hydroxylation sites is 1. The molecule has 0 saturated heterocycles. The molecule has 4 aromatic heterocycles. The molecule has 4 heterocycles. The minimum absolute atomic E-state index is 0.864. The zero-order chi connectivity index (χ0) is 26.9. The zero-order valence-corrected chi connectivity index (χ0v) is 21.9. The number of rotatable bonds is 2. The Labute approximate surface area is 234 Å². The average molecular weight is 524 g/mol. The third-order valence-corrected chi connectivity index (χ3v) is 8.12. The van der Waals surface area contributed by atoms with E-state index in [4.69, 9.17) is 14.4 Å². The van der Waals surface area contributed by atoms with Crippen LogP contribution in [0.15, 0.2) is 132 Å². The molecule has 190 valence electrons. The van der Waals surface area contributed by atoms with Crippen molar-refractivity contribution in [2.45, 2.75) is 0 Å². The summed E-state index contributed by atoms with van der Waals surface area (Å²) in [5.41, 5.74) is 8.84. The second-order valence-corrected chi connectivity index (χ2v) is 10.4. The van der Waals surface area contributed by atoms with Crippen LogP contribution in [-0.4, -0.2) is 15.0 Å². The van der Waals surface area contributed by atoms with Gasteiger partial charge in [0.1, 0.15) is 11.2 Å². The van der Waals surface area contributed by atoms with Gasteiger partial charge in [-0.05, 0) is 59.7 Å². The molecule has 0 aliphatic carbocycles. The molecule has 0 unspecified atom stereocenters. The van der Waals surface area contributed by atoms with E-state index in [9.17, 15) is 0 Å². The monoisotopic (exact) mass is 523 g/mol. The van der Waals surface area contributed by atoms with Gasteiger partial charge in [0.05, 0.1) is 22.2 Å². The van der Waals surface area contributed by atoms with Crippen LogP contribution in [0.4, 0.5) is 0 Å². The van der Waals surface area contributed by atoms with Gasteiger partial charge < -0.3 is 4.42 Å². The summed E-state index contributed by atoms with van der Waals surface area (Å²) >= 11 is 0. The molecule has 0 saturated carbocycles. The van der Waals surface area contributed by atoms with Crippen molar-refractivity contribution in [3.05, 3.63) is 128 Å². The van der Waals surface area contributed by atoms with E-state index in [0.717, 1.165) is 87.8 Å². The molecule has 9 rings (SSSR count). The van der Waals surface area contributed by atoms with Gasteiger partial charge in [0.2, 0.25) is 0 Å². The van der Waals surface area contributed by atoms with E-state index in [1.807, 2.05) is 30.6 Å². The van der Waals surface area contributed by atoms with Crippen LogP contribution in [0.5, 0.6) is 0 Å². The molecule has 9 aromatic rings. The van der Waals surface area contributed by atoms with Gasteiger partial charge in [-0.3, -0.25) is 9.97 Å². The van der Waals surface area contributed by atoms with E-state index in [1.54, 1.807) is 0 Å². The van der Waals surface area contributed by atoms with Crippen molar-refractivity contribution in [1.29, 1.82) is 0 Å². The van der Waals surface area contributed by atoms with E-state index in [1.165, 1.54) is 0 Å². The van der Waals surface area contributed by atoms with Crippen LogP contribution in [-0.2, 0) is 0 Å². The lowest BCUT2D eigenvalue weighted by Crippen LogP contribution is -1.90. The fourth-order valence-corrected chi connectivity index (χ4v) is 6.31. The van der Waals surface area contributed by atoms with Gasteiger partial charge in [-0.15, -0.1) is 0 Å². The lowest BCUT2D eigenvalue weighted by molar-refractivity contribution is 0.669. The molecule has 0 aliphatic heterocycles. The molecular weight excluding hydrogens is 502 g/mol. The molecule has 0 N–H and O–H groups in total. The van der Waals surface area contributed by atoms with Crippen molar-refractivity contribution >= 4 is 65.4 Å². The van der Waals surface area contributed by atoms with Crippen molar-refractivity contribution in [2.24, 2.45) is 0 Å². The van der Waals surface area contributed by atoms with Gasteiger partial charge in [-0.2, -0.15) is 0 Å². The van der Waals surface area contributed by atoms with Gasteiger partial charge in [0, 0.05) is 55.7 Å². The number of hydrogen-bond acceptors (Lipinski definition) is 4. The van der Waals surface area contributed by atoms with E-state index < -0.39 is 0 Å². The molecule has 5 aromatic carbocycles. The van der Waals surface area contributed by atoms with Crippen LogP contribution in [0.2, 0.25) is 0 Å². The summed E-state index contributed by atoms with van der Waals surface area (Å²) in [6.45, 7) is 0. The summed E-state index contributed by atoms with van der Waals surface area (Å²) in [7, 11) is 0. The first kappa shape index (κ1) is 22.2. The maximum atomic E-state index is 6.46. The first-order chi connectivity index (χ1) is 20.3. The SMILES string of the molecule is c1ccc(-c2nc3ccccc3c3c2ccc2oc4ccc(-c5cc6cccnc6c6ncccc56)cc4c23)cc1. The molecular formula is C37H21N3O. The predicted molar refractivity (Wildman–Crippen MR) is 168 cm³/mol. The lowest BCUT2D eigenvalue weighted by atomic mass is 9.94. The average Bonchev–Trinajstić information content (AvgIpc) is 3.42. The minimum Gasteiger partial charge on any atom is -0.456 e. The molecule has 0 radical (unpaired) electrons. The zero-order valence-electron chi connectivity index (χ0n) is 21.9. The minimum atomic E-state index is 0.864. The van der Waals surface area contributed by atoms with Gasteiger partial charge in [-0.25, -0.2) is 4.98 Å². The Balaban J connectivity index is 1.41. The fourth-order valence-electron chi connectivity index (χ4n) is 6.31. The highest BCUT2D eigenvalue weighted by atomic mass is 16.3. The number of pyridine rings is 3. The Morgan fingerprint density at radius 3 is 2.20 bits per heavy atom. The van der Waals surface area contributed by atoms with Gasteiger partial charge in [0.25, 0.3) is 0 Å². The molecule has 41 heavy (non-hydrogen) atoms. The maximum Gasteiger partial charge on any atom is 0.136 e. The van der Waals surface area contributed by atoms with Crippen LogP contribution in [0.3, 0.4) is 0 Å². The second kappa shape index (κ2) is 8.44. The van der Waals surface area contributed by atoms with Gasteiger partial charge in [-0.1, -0.05) is 66.7 Å². The molecule has 0 amide bonds. The number of fused-ring (bicyclic) bond motifs is 10. The summed E-state index contributed by atoms with van der Waals surface area (Å²) in [6, 6.07) is 40.0. The Kier molecular flexibility index (Phi) is 4.58. The van der Waals surface area contributed by atoms with E-state index in [-0.39, 0.29) is 0 Å². The molecule has 0 fully saturated rings. The molecule has 0 atom stereocenters. The van der Waals surface area contributed by atoms with Crippen LogP contribution in [0, 0.1) is 0 Å². The van der Waals surface area contributed by atoms with E-state index in [2.05, 4.69) is 102 Å². The van der Waals surface area contributed by atoms with E-state index in [0.29, 0.717) is 0 Å². The predicted octanol–water partition coefficient (Wildman–Crippen LogP) is 9.72. The molecule has 4 nitrogen and oxygen atoms in total. The number of aromatic nitrogens is 3. The first-order valence-corrected chi connectivity index (χ1v) is 13.7. The van der Waals surface area contributed by atoms with Gasteiger partial charge in [0.15, 0.2) is 0 Å². The third kappa shape index (κ3) is 3.25. The quantitative estimate of drug-likeness (QED) is 0.212. The molecule has 4 heteroatoms. The van der Waals surface area contributed by atoms with Crippen molar-refractivity contribution in [2.75, 3.05) is 0 Å². The summed E-state index contributed by atoms with van der Waals surface area (Å²) in [5.74, 6) is 0.